The van der Waals surface area contributed by atoms with E-state index in [4.69, 9.17) is 16.4 Å². The standard InChI is InChI=1S/C17H17ClN2O3S/c18-16-7-6-15(24-16)12-10-14(23-20-12)17(22)19-9-8-13(21)11-4-2-1-3-5-11/h1-7,13-14,21H,8-10H2,(H,19,22)/t13-,14+/m0/s1. The molecule has 2 heterocycles. The number of halogens is 1. The van der Waals surface area contributed by atoms with E-state index in [2.05, 4.69) is 10.5 Å². The third kappa shape index (κ3) is 4.14. The Morgan fingerprint density at radius 1 is 1.38 bits per heavy atom. The van der Waals surface area contributed by atoms with Gasteiger partial charge >= 0.3 is 0 Å². The van der Waals surface area contributed by atoms with E-state index in [1.807, 2.05) is 36.4 Å². The fourth-order valence-corrected chi connectivity index (χ4v) is 3.45. The molecule has 3 rings (SSSR count). The van der Waals surface area contributed by atoms with Crippen LogP contribution >= 0.6 is 22.9 Å². The van der Waals surface area contributed by atoms with Gasteiger partial charge in [0.2, 0.25) is 6.10 Å². The minimum atomic E-state index is -0.630. The maximum Gasteiger partial charge on any atom is 0.264 e. The number of rotatable bonds is 6. The van der Waals surface area contributed by atoms with E-state index in [9.17, 15) is 9.90 Å². The number of oxime groups is 1. The second-order valence-electron chi connectivity index (χ2n) is 5.45. The van der Waals surface area contributed by atoms with Crippen LogP contribution in [-0.4, -0.2) is 29.4 Å². The maximum atomic E-state index is 12.1. The summed E-state index contributed by atoms with van der Waals surface area (Å²) in [4.78, 5) is 18.3. The molecule has 0 unspecified atom stereocenters. The number of carbonyl (C=O) groups excluding carboxylic acids is 1. The highest BCUT2D eigenvalue weighted by molar-refractivity contribution is 7.18. The number of amides is 1. The fraction of sp³-hybridized carbons (Fsp3) is 0.294. The lowest BCUT2D eigenvalue weighted by Gasteiger charge is -2.13. The normalized spacial score (nSPS) is 17.9. The molecule has 126 valence electrons. The van der Waals surface area contributed by atoms with Gasteiger partial charge in [-0.1, -0.05) is 47.1 Å². The van der Waals surface area contributed by atoms with Crippen molar-refractivity contribution in [2.24, 2.45) is 5.16 Å². The van der Waals surface area contributed by atoms with Gasteiger partial charge in [0.15, 0.2) is 0 Å². The predicted molar refractivity (Wildman–Crippen MR) is 94.4 cm³/mol. The third-order valence-electron chi connectivity index (χ3n) is 3.72. The van der Waals surface area contributed by atoms with Crippen molar-refractivity contribution in [3.8, 4) is 0 Å². The van der Waals surface area contributed by atoms with E-state index < -0.39 is 12.2 Å². The first-order chi connectivity index (χ1) is 11.6. The summed E-state index contributed by atoms with van der Waals surface area (Å²) in [6.07, 6.45) is -0.369. The van der Waals surface area contributed by atoms with Crippen LogP contribution in [0.4, 0.5) is 0 Å². The molecular weight excluding hydrogens is 348 g/mol. The van der Waals surface area contributed by atoms with Crippen LogP contribution in [0.5, 0.6) is 0 Å². The topological polar surface area (TPSA) is 70.9 Å². The summed E-state index contributed by atoms with van der Waals surface area (Å²) < 4.78 is 0.676. The molecule has 2 atom stereocenters. The summed E-state index contributed by atoms with van der Waals surface area (Å²) in [6.45, 7) is 0.370. The van der Waals surface area contributed by atoms with Gasteiger partial charge in [0, 0.05) is 13.0 Å². The highest BCUT2D eigenvalue weighted by Crippen LogP contribution is 2.26. The Labute approximate surface area is 148 Å². The van der Waals surface area contributed by atoms with Crippen molar-refractivity contribution in [2.75, 3.05) is 6.54 Å². The van der Waals surface area contributed by atoms with E-state index in [-0.39, 0.29) is 5.91 Å². The summed E-state index contributed by atoms with van der Waals surface area (Å²) in [5.41, 5.74) is 1.57. The number of nitrogens with one attached hydrogen (secondary N) is 1. The Hall–Kier alpha value is -1.89. The first-order valence-corrected chi connectivity index (χ1v) is 8.82. The quantitative estimate of drug-likeness (QED) is 0.827. The Morgan fingerprint density at radius 3 is 2.88 bits per heavy atom. The Morgan fingerprint density at radius 2 is 2.17 bits per heavy atom. The van der Waals surface area contributed by atoms with Gasteiger partial charge in [-0.3, -0.25) is 4.79 Å². The van der Waals surface area contributed by atoms with E-state index in [0.717, 1.165) is 16.2 Å². The van der Waals surface area contributed by atoms with Crippen molar-refractivity contribution in [3.05, 3.63) is 57.2 Å². The van der Waals surface area contributed by atoms with Crippen LogP contribution in [0.3, 0.4) is 0 Å². The average molecular weight is 365 g/mol. The first-order valence-electron chi connectivity index (χ1n) is 7.62. The lowest BCUT2D eigenvalue weighted by molar-refractivity contribution is -0.131. The van der Waals surface area contributed by atoms with E-state index in [0.29, 0.717) is 23.7 Å². The summed E-state index contributed by atoms with van der Waals surface area (Å²) in [5.74, 6) is -0.225. The van der Waals surface area contributed by atoms with E-state index in [1.165, 1.54) is 11.3 Å². The summed E-state index contributed by atoms with van der Waals surface area (Å²) >= 11 is 7.31. The van der Waals surface area contributed by atoms with Crippen LogP contribution < -0.4 is 5.32 Å². The molecule has 5 nitrogen and oxygen atoms in total. The van der Waals surface area contributed by atoms with Crippen LogP contribution in [-0.2, 0) is 9.63 Å². The first kappa shape index (κ1) is 17.0. The number of aliphatic hydroxyl groups excluding tert-OH is 1. The van der Waals surface area contributed by atoms with Gasteiger partial charge < -0.3 is 15.3 Å². The highest BCUT2D eigenvalue weighted by atomic mass is 35.5. The number of benzene rings is 1. The zero-order valence-electron chi connectivity index (χ0n) is 12.8. The van der Waals surface area contributed by atoms with E-state index in [1.54, 1.807) is 6.07 Å². The molecule has 1 aromatic heterocycles. The number of aliphatic hydroxyl groups is 1. The van der Waals surface area contributed by atoms with Gasteiger partial charge in [-0.2, -0.15) is 0 Å². The molecule has 1 aromatic carbocycles. The average Bonchev–Trinajstić information content (AvgIpc) is 3.24. The molecular formula is C17H17ClN2O3S. The van der Waals surface area contributed by atoms with Gasteiger partial charge in [-0.25, -0.2) is 0 Å². The zero-order valence-corrected chi connectivity index (χ0v) is 14.4. The van der Waals surface area contributed by atoms with Crippen molar-refractivity contribution in [3.63, 3.8) is 0 Å². The lowest BCUT2D eigenvalue weighted by atomic mass is 10.1. The molecule has 7 heteroatoms. The van der Waals surface area contributed by atoms with Crippen molar-refractivity contribution in [1.82, 2.24) is 5.32 Å². The van der Waals surface area contributed by atoms with Gasteiger partial charge in [0.25, 0.3) is 5.91 Å². The Balaban J connectivity index is 1.43. The molecule has 0 spiro atoms. The number of hydrogen-bond acceptors (Lipinski definition) is 5. The molecule has 0 radical (unpaired) electrons. The molecule has 24 heavy (non-hydrogen) atoms. The van der Waals surface area contributed by atoms with Crippen LogP contribution in [0.15, 0.2) is 47.6 Å². The van der Waals surface area contributed by atoms with Crippen LogP contribution in [0, 0.1) is 0 Å². The lowest BCUT2D eigenvalue weighted by Crippen LogP contribution is -2.35. The number of carbonyl (C=O) groups is 1. The second-order valence-corrected chi connectivity index (χ2v) is 7.16. The summed E-state index contributed by atoms with van der Waals surface area (Å²) in [6, 6.07) is 13.0. The smallest absolute Gasteiger partial charge is 0.264 e. The third-order valence-corrected chi connectivity index (χ3v) is 5.00. The van der Waals surface area contributed by atoms with Crippen molar-refractivity contribution >= 4 is 34.6 Å². The summed E-state index contributed by atoms with van der Waals surface area (Å²) in [5, 5.41) is 16.8. The predicted octanol–water partition coefficient (Wildman–Crippen LogP) is 3.13. The molecule has 0 aliphatic carbocycles. The highest BCUT2D eigenvalue weighted by Gasteiger charge is 2.29. The monoisotopic (exact) mass is 364 g/mol. The molecule has 2 N–H and O–H groups in total. The van der Waals surface area contributed by atoms with Gasteiger partial charge in [0.05, 0.1) is 15.3 Å². The van der Waals surface area contributed by atoms with Crippen LogP contribution in [0.25, 0.3) is 0 Å². The second kappa shape index (κ2) is 7.79. The fourth-order valence-electron chi connectivity index (χ4n) is 2.42. The minimum Gasteiger partial charge on any atom is -0.388 e. The van der Waals surface area contributed by atoms with E-state index >= 15 is 0 Å². The zero-order chi connectivity index (χ0) is 16.9. The molecule has 1 aliphatic rings. The minimum absolute atomic E-state index is 0.225. The molecule has 0 bridgehead atoms. The van der Waals surface area contributed by atoms with Gasteiger partial charge in [-0.05, 0) is 24.1 Å². The molecule has 0 saturated heterocycles. The Kier molecular flexibility index (Phi) is 5.50. The number of hydrogen-bond donors (Lipinski definition) is 2. The van der Waals surface area contributed by atoms with Crippen molar-refractivity contribution < 1.29 is 14.7 Å². The van der Waals surface area contributed by atoms with Crippen LogP contribution in [0.2, 0.25) is 4.34 Å². The molecule has 1 aliphatic heterocycles. The molecule has 1 amide bonds. The number of nitrogens with zero attached hydrogens (tertiary/aromatic N) is 1. The van der Waals surface area contributed by atoms with Crippen molar-refractivity contribution in [2.45, 2.75) is 25.0 Å². The number of thiophene rings is 1. The largest absolute Gasteiger partial charge is 0.388 e. The van der Waals surface area contributed by atoms with Crippen molar-refractivity contribution in [1.29, 1.82) is 0 Å². The molecule has 0 fully saturated rings. The SMILES string of the molecule is O=C(NCC[C@H](O)c1ccccc1)[C@H]1CC(c2ccc(Cl)s2)=NO1. The molecule has 0 saturated carbocycles. The summed E-state index contributed by atoms with van der Waals surface area (Å²) in [7, 11) is 0. The Bertz CT molecular complexity index is 732. The van der Waals surface area contributed by atoms with Crippen LogP contribution in [0.1, 0.15) is 29.4 Å². The maximum absolute atomic E-state index is 12.1. The molecule has 2 aromatic rings. The van der Waals surface area contributed by atoms with Gasteiger partial charge in [0.1, 0.15) is 5.71 Å². The van der Waals surface area contributed by atoms with Gasteiger partial charge in [-0.15, -0.1) is 11.3 Å².